The Hall–Kier alpha value is -2.81. The lowest BCUT2D eigenvalue weighted by Gasteiger charge is -2.26. The Morgan fingerprint density at radius 2 is 2.18 bits per heavy atom. The maximum atomic E-state index is 13.4. The second kappa shape index (κ2) is 9.93. The Labute approximate surface area is 161 Å². The van der Waals surface area contributed by atoms with E-state index in [1.165, 1.54) is 20.5 Å². The molecule has 0 aliphatic carbocycles. The van der Waals surface area contributed by atoms with Crippen LogP contribution in [0, 0.1) is 18.4 Å². The van der Waals surface area contributed by atoms with Crippen molar-refractivity contribution in [1.82, 2.24) is 19.5 Å². The molecule has 0 bridgehead atoms. The van der Waals surface area contributed by atoms with Crippen LogP contribution in [0.3, 0.4) is 0 Å². The van der Waals surface area contributed by atoms with Crippen molar-refractivity contribution < 1.29 is 28.1 Å². The van der Waals surface area contributed by atoms with Crippen LogP contribution >= 0.6 is 0 Å². The molecule has 2 aromatic rings. The van der Waals surface area contributed by atoms with Gasteiger partial charge in [-0.3, -0.25) is 0 Å². The number of methoxy groups -OCH3 is 2. The van der Waals surface area contributed by atoms with Crippen LogP contribution in [0.5, 0.6) is 0 Å². The van der Waals surface area contributed by atoms with Gasteiger partial charge < -0.3 is 29.2 Å². The maximum absolute atomic E-state index is 13.4. The Bertz CT molecular complexity index is 852. The van der Waals surface area contributed by atoms with Gasteiger partial charge in [-0.05, 0) is 0 Å². The molecule has 11 heteroatoms. The molecule has 10 nitrogen and oxygen atoms in total. The molecule has 0 fully saturated rings. The number of anilines is 1. The fourth-order valence-electron chi connectivity index (χ4n) is 2.35. The highest BCUT2D eigenvalue weighted by molar-refractivity contribution is 5.81. The number of hydrogen-bond donors (Lipinski definition) is 1. The first-order valence-corrected chi connectivity index (χ1v) is 8.33. The van der Waals surface area contributed by atoms with Gasteiger partial charge in [0.25, 0.3) is 0 Å². The van der Waals surface area contributed by atoms with Crippen molar-refractivity contribution >= 4 is 23.0 Å². The van der Waals surface area contributed by atoms with E-state index < -0.39 is 17.6 Å². The number of ether oxygens (including phenoxy) is 4. The number of carbonyl (C=O) groups excluding carboxylic acids is 1. The summed E-state index contributed by atoms with van der Waals surface area (Å²) in [4.78, 5) is 23.0. The third kappa shape index (κ3) is 5.35. The number of nitrogen functional groups attached to an aromatic ring is 1. The van der Waals surface area contributed by atoms with Crippen LogP contribution in [0.1, 0.15) is 6.42 Å². The molecule has 0 aliphatic rings. The number of esters is 1. The second-order valence-electron chi connectivity index (χ2n) is 5.79. The molecule has 0 radical (unpaired) electrons. The average Bonchev–Trinajstić information content (AvgIpc) is 3.09. The zero-order valence-electron chi connectivity index (χ0n) is 15.7. The maximum Gasteiger partial charge on any atom is 0.332 e. The number of rotatable bonds is 11. The minimum absolute atomic E-state index is 0.0568. The molecule has 152 valence electrons. The molecule has 0 saturated heterocycles. The SMILES string of the molecule is C#CC(CCn1cnc2c(N)nc(F)nc21)(COC(=O)COCCOC)OC. The average molecular weight is 395 g/mol. The van der Waals surface area contributed by atoms with Gasteiger partial charge in [0, 0.05) is 27.2 Å². The van der Waals surface area contributed by atoms with Gasteiger partial charge in [0.2, 0.25) is 0 Å². The molecule has 1 atom stereocenters. The number of aryl methyl sites for hydroxylation is 1. The summed E-state index contributed by atoms with van der Waals surface area (Å²) in [5.41, 5.74) is 4.97. The van der Waals surface area contributed by atoms with Crippen LogP contribution in [0.2, 0.25) is 0 Å². The van der Waals surface area contributed by atoms with Crippen LogP contribution in [0.15, 0.2) is 6.33 Å². The number of hydrogen-bond acceptors (Lipinski definition) is 9. The molecular formula is C17H22FN5O5. The van der Waals surface area contributed by atoms with E-state index in [2.05, 4.69) is 20.9 Å². The van der Waals surface area contributed by atoms with E-state index in [1.807, 2.05) is 0 Å². The normalized spacial score (nSPS) is 13.2. The van der Waals surface area contributed by atoms with Crippen LogP contribution in [-0.4, -0.2) is 71.7 Å². The van der Waals surface area contributed by atoms with Crippen molar-refractivity contribution in [2.24, 2.45) is 0 Å². The summed E-state index contributed by atoms with van der Waals surface area (Å²) in [6.07, 6.45) is 6.34. The van der Waals surface area contributed by atoms with Gasteiger partial charge in [0.15, 0.2) is 17.1 Å². The Balaban J connectivity index is 1.99. The van der Waals surface area contributed by atoms with E-state index in [4.69, 9.17) is 31.1 Å². The fourth-order valence-corrected chi connectivity index (χ4v) is 2.35. The predicted octanol–water partition coefficient (Wildman–Crippen LogP) is 0.162. The van der Waals surface area contributed by atoms with E-state index in [1.54, 1.807) is 4.57 Å². The minimum atomic E-state index is -1.18. The number of halogens is 1. The molecule has 2 aromatic heterocycles. The van der Waals surface area contributed by atoms with Gasteiger partial charge in [0.1, 0.15) is 18.7 Å². The predicted molar refractivity (Wildman–Crippen MR) is 96.5 cm³/mol. The molecule has 2 heterocycles. The van der Waals surface area contributed by atoms with Gasteiger partial charge in [0.05, 0.1) is 19.5 Å². The van der Waals surface area contributed by atoms with E-state index in [9.17, 15) is 9.18 Å². The zero-order valence-corrected chi connectivity index (χ0v) is 15.7. The lowest BCUT2D eigenvalue weighted by atomic mass is 10.0. The quantitative estimate of drug-likeness (QED) is 0.245. The summed E-state index contributed by atoms with van der Waals surface area (Å²) in [7, 11) is 2.94. The van der Waals surface area contributed by atoms with Crippen LogP contribution in [-0.2, 0) is 30.3 Å². The van der Waals surface area contributed by atoms with Gasteiger partial charge in [-0.2, -0.15) is 14.4 Å². The molecule has 0 aliphatic heterocycles. The monoisotopic (exact) mass is 395 g/mol. The lowest BCUT2D eigenvalue weighted by Crippen LogP contribution is -2.38. The molecule has 1 unspecified atom stereocenters. The van der Waals surface area contributed by atoms with Crippen molar-refractivity contribution in [3.05, 3.63) is 12.4 Å². The van der Waals surface area contributed by atoms with Gasteiger partial charge in [-0.1, -0.05) is 5.92 Å². The molecule has 2 rings (SSSR count). The molecule has 28 heavy (non-hydrogen) atoms. The summed E-state index contributed by atoms with van der Waals surface area (Å²) in [6, 6.07) is 0. The summed E-state index contributed by atoms with van der Waals surface area (Å²) >= 11 is 0. The molecule has 0 aromatic carbocycles. The molecular weight excluding hydrogens is 373 g/mol. The largest absolute Gasteiger partial charge is 0.460 e. The number of fused-ring (bicyclic) bond motifs is 1. The first kappa shape index (κ1) is 21.5. The van der Waals surface area contributed by atoms with Gasteiger partial charge >= 0.3 is 12.0 Å². The molecule has 0 amide bonds. The topological polar surface area (TPSA) is 124 Å². The summed E-state index contributed by atoms with van der Waals surface area (Å²) < 4.78 is 35.5. The van der Waals surface area contributed by atoms with E-state index in [0.717, 1.165) is 0 Å². The molecule has 0 spiro atoms. The summed E-state index contributed by atoms with van der Waals surface area (Å²) in [5.74, 6) is 1.87. The highest BCUT2D eigenvalue weighted by Gasteiger charge is 2.30. The number of imidazole rings is 1. The number of carbonyl (C=O) groups is 1. The van der Waals surface area contributed by atoms with Gasteiger partial charge in [-0.25, -0.2) is 9.78 Å². The fraction of sp³-hybridized carbons (Fsp3) is 0.529. The Morgan fingerprint density at radius 1 is 1.39 bits per heavy atom. The second-order valence-corrected chi connectivity index (χ2v) is 5.79. The van der Waals surface area contributed by atoms with Crippen molar-refractivity contribution in [2.75, 3.05) is 46.4 Å². The Kier molecular flexibility index (Phi) is 7.62. The lowest BCUT2D eigenvalue weighted by molar-refractivity contribution is -0.156. The molecule has 0 saturated carbocycles. The van der Waals surface area contributed by atoms with Crippen molar-refractivity contribution in [1.29, 1.82) is 0 Å². The van der Waals surface area contributed by atoms with E-state index in [-0.39, 0.29) is 49.8 Å². The van der Waals surface area contributed by atoms with Crippen LogP contribution in [0.4, 0.5) is 10.2 Å². The van der Waals surface area contributed by atoms with E-state index >= 15 is 0 Å². The third-order valence-corrected chi connectivity index (χ3v) is 3.99. The zero-order chi connectivity index (χ0) is 20.6. The van der Waals surface area contributed by atoms with E-state index in [0.29, 0.717) is 6.61 Å². The minimum Gasteiger partial charge on any atom is -0.460 e. The highest BCUT2D eigenvalue weighted by Crippen LogP contribution is 2.20. The number of nitrogens with zero attached hydrogens (tertiary/aromatic N) is 4. The summed E-state index contributed by atoms with van der Waals surface area (Å²) in [6.45, 7) is 0.505. The molecule has 2 N–H and O–H groups in total. The standard InChI is InChI=1S/C17H22FN5O5/c1-4-17(26-3,10-28-12(24)9-27-8-7-25-2)5-6-23-11-20-13-14(19)21-16(18)22-15(13)23/h1,11H,5-10H2,2-3H3,(H2,19,21,22). The van der Waals surface area contributed by atoms with Crippen molar-refractivity contribution in [2.45, 2.75) is 18.6 Å². The highest BCUT2D eigenvalue weighted by atomic mass is 19.1. The van der Waals surface area contributed by atoms with Crippen LogP contribution in [0.25, 0.3) is 11.2 Å². The first-order valence-electron chi connectivity index (χ1n) is 8.33. The Morgan fingerprint density at radius 3 is 2.86 bits per heavy atom. The van der Waals surface area contributed by atoms with Crippen molar-refractivity contribution in [3.8, 4) is 12.3 Å². The third-order valence-electron chi connectivity index (χ3n) is 3.99. The van der Waals surface area contributed by atoms with Crippen molar-refractivity contribution in [3.63, 3.8) is 0 Å². The number of nitrogens with two attached hydrogens (primary N) is 1. The smallest absolute Gasteiger partial charge is 0.332 e. The first-order chi connectivity index (χ1) is 13.4. The van der Waals surface area contributed by atoms with Gasteiger partial charge in [-0.15, -0.1) is 6.42 Å². The number of terminal acetylenes is 1. The van der Waals surface area contributed by atoms with Crippen LogP contribution < -0.4 is 5.73 Å². The summed E-state index contributed by atoms with van der Waals surface area (Å²) in [5, 5.41) is 0. The number of aromatic nitrogens is 4.